The van der Waals surface area contributed by atoms with E-state index in [1.54, 1.807) is 0 Å². The fourth-order valence-electron chi connectivity index (χ4n) is 3.96. The zero-order chi connectivity index (χ0) is 21.1. The second-order valence-electron chi connectivity index (χ2n) is 7.82. The van der Waals surface area contributed by atoms with Crippen LogP contribution in [0, 0.1) is 13.8 Å². The molecule has 3 aromatic carbocycles. The maximum Gasteiger partial charge on any atom is 0.174 e. The molecule has 0 atom stereocenters. The number of anilines is 1. The molecule has 0 aliphatic carbocycles. The molecule has 0 saturated heterocycles. The van der Waals surface area contributed by atoms with Gasteiger partial charge in [0.1, 0.15) is 0 Å². The van der Waals surface area contributed by atoms with Gasteiger partial charge in [-0.25, -0.2) is 0 Å². The maximum atomic E-state index is 5.91. The Morgan fingerprint density at radius 3 is 2.27 bits per heavy atom. The fourth-order valence-corrected chi connectivity index (χ4v) is 4.19. The number of fused-ring (bicyclic) bond motifs is 1. The molecule has 0 fully saturated rings. The van der Waals surface area contributed by atoms with Crippen LogP contribution >= 0.6 is 12.2 Å². The average Bonchev–Trinajstić information content (AvgIpc) is 3.07. The lowest BCUT2D eigenvalue weighted by Crippen LogP contribution is -2.34. The third-order valence-corrected chi connectivity index (χ3v) is 5.92. The largest absolute Gasteiger partial charge is 0.350 e. The first kappa shape index (κ1) is 20.2. The lowest BCUT2D eigenvalue weighted by Gasteiger charge is -2.27. The molecule has 3 nitrogen and oxygen atoms in total. The molecule has 0 aliphatic heterocycles. The fraction of sp³-hybridized carbons (Fsp3) is 0.192. The molecule has 0 saturated carbocycles. The molecule has 152 valence electrons. The zero-order valence-electron chi connectivity index (χ0n) is 17.7. The number of benzene rings is 3. The van der Waals surface area contributed by atoms with Gasteiger partial charge in [0.2, 0.25) is 0 Å². The van der Waals surface area contributed by atoms with E-state index >= 15 is 0 Å². The summed E-state index contributed by atoms with van der Waals surface area (Å²) in [5.41, 5.74) is 7.24. The van der Waals surface area contributed by atoms with E-state index in [1.807, 2.05) is 6.07 Å². The molecule has 0 spiro atoms. The lowest BCUT2D eigenvalue weighted by atomic mass is 10.1. The topological polar surface area (TPSA) is 20.2 Å². The molecule has 0 unspecified atom stereocenters. The van der Waals surface area contributed by atoms with Crippen molar-refractivity contribution in [1.29, 1.82) is 0 Å². The number of aromatic nitrogens is 1. The lowest BCUT2D eigenvalue weighted by molar-refractivity contribution is 0.414. The Hall–Kier alpha value is -3.11. The van der Waals surface area contributed by atoms with Crippen LogP contribution in [0.3, 0.4) is 0 Å². The number of nitrogens with zero attached hydrogens (tertiary/aromatic N) is 2. The summed E-state index contributed by atoms with van der Waals surface area (Å²) in [6.45, 7) is 5.72. The van der Waals surface area contributed by atoms with Crippen molar-refractivity contribution in [3.8, 4) is 0 Å². The predicted molar refractivity (Wildman–Crippen MR) is 131 cm³/mol. The van der Waals surface area contributed by atoms with Crippen molar-refractivity contribution in [2.75, 3.05) is 5.32 Å². The van der Waals surface area contributed by atoms with Crippen molar-refractivity contribution < 1.29 is 0 Å². The van der Waals surface area contributed by atoms with Gasteiger partial charge in [-0.15, -0.1) is 0 Å². The highest BCUT2D eigenvalue weighted by Crippen LogP contribution is 2.24. The number of nitrogens with one attached hydrogen (secondary N) is 1. The molecule has 0 amide bonds. The molecular formula is C26H27N3S. The average molecular weight is 414 g/mol. The molecule has 30 heavy (non-hydrogen) atoms. The van der Waals surface area contributed by atoms with Gasteiger partial charge in [0.25, 0.3) is 0 Å². The van der Waals surface area contributed by atoms with Crippen molar-refractivity contribution in [3.05, 3.63) is 101 Å². The van der Waals surface area contributed by atoms with E-state index in [-0.39, 0.29) is 0 Å². The number of thiocarbonyl (C=S) groups is 1. The number of para-hydroxylation sites is 2. The van der Waals surface area contributed by atoms with Crippen molar-refractivity contribution in [1.82, 2.24) is 9.47 Å². The van der Waals surface area contributed by atoms with Crippen LogP contribution in [0.2, 0.25) is 0 Å². The van der Waals surface area contributed by atoms with Gasteiger partial charge in [0.15, 0.2) is 5.11 Å². The summed E-state index contributed by atoms with van der Waals surface area (Å²) in [6.07, 6.45) is 2.21. The molecule has 1 heterocycles. The Balaban J connectivity index is 1.66. The standard InChI is InChI=1S/C26H27N3S/c1-19-10-9-11-20(2)25(19)27-26(30)29(16-21-12-5-4-6-13-21)18-22-17-28(3)24-15-8-7-14-23(22)24/h4-15,17H,16,18H2,1-3H3,(H,27,30). The third-order valence-electron chi connectivity index (χ3n) is 5.56. The number of rotatable bonds is 5. The zero-order valence-corrected chi connectivity index (χ0v) is 18.5. The summed E-state index contributed by atoms with van der Waals surface area (Å²) < 4.78 is 2.19. The normalized spacial score (nSPS) is 10.9. The van der Waals surface area contributed by atoms with Crippen LogP contribution in [0.15, 0.2) is 79.0 Å². The van der Waals surface area contributed by atoms with Gasteiger partial charge in [0, 0.05) is 42.9 Å². The Kier molecular flexibility index (Phi) is 5.86. The minimum absolute atomic E-state index is 0.740. The van der Waals surface area contributed by atoms with Gasteiger partial charge in [-0.1, -0.05) is 66.7 Å². The Bertz CT molecular complexity index is 1160. The minimum atomic E-state index is 0.740. The molecular weight excluding hydrogens is 386 g/mol. The van der Waals surface area contributed by atoms with Gasteiger partial charge >= 0.3 is 0 Å². The predicted octanol–water partition coefficient (Wildman–Crippen LogP) is 6.19. The molecule has 0 aliphatic rings. The third kappa shape index (κ3) is 4.24. The number of hydrogen-bond donors (Lipinski definition) is 1. The summed E-state index contributed by atoms with van der Waals surface area (Å²) in [5, 5.41) is 5.54. The molecule has 4 heteroatoms. The Morgan fingerprint density at radius 1 is 0.867 bits per heavy atom. The van der Waals surface area contributed by atoms with Crippen LogP contribution < -0.4 is 5.32 Å². The van der Waals surface area contributed by atoms with E-state index < -0.39 is 0 Å². The van der Waals surface area contributed by atoms with E-state index in [1.165, 1.54) is 33.2 Å². The summed E-state index contributed by atoms with van der Waals surface area (Å²) in [7, 11) is 2.10. The number of hydrogen-bond acceptors (Lipinski definition) is 1. The van der Waals surface area contributed by atoms with E-state index in [0.29, 0.717) is 0 Å². The Morgan fingerprint density at radius 2 is 1.53 bits per heavy atom. The van der Waals surface area contributed by atoms with Crippen molar-refractivity contribution in [2.24, 2.45) is 7.05 Å². The van der Waals surface area contributed by atoms with Crippen LogP contribution in [0.5, 0.6) is 0 Å². The van der Waals surface area contributed by atoms with Crippen molar-refractivity contribution in [2.45, 2.75) is 26.9 Å². The monoisotopic (exact) mass is 413 g/mol. The smallest absolute Gasteiger partial charge is 0.174 e. The molecule has 1 N–H and O–H groups in total. The quantitative estimate of drug-likeness (QED) is 0.394. The van der Waals surface area contributed by atoms with Gasteiger partial charge in [0.05, 0.1) is 0 Å². The van der Waals surface area contributed by atoms with Gasteiger partial charge in [-0.3, -0.25) is 0 Å². The van der Waals surface area contributed by atoms with Crippen LogP contribution in [-0.2, 0) is 20.1 Å². The van der Waals surface area contributed by atoms with Gasteiger partial charge in [-0.2, -0.15) is 0 Å². The van der Waals surface area contributed by atoms with Crippen LogP contribution in [-0.4, -0.2) is 14.6 Å². The van der Waals surface area contributed by atoms with Gasteiger partial charge < -0.3 is 14.8 Å². The first-order valence-electron chi connectivity index (χ1n) is 10.2. The highest BCUT2D eigenvalue weighted by molar-refractivity contribution is 7.80. The molecule has 0 radical (unpaired) electrons. The SMILES string of the molecule is Cc1cccc(C)c1NC(=S)N(Cc1ccccc1)Cc1cn(C)c2ccccc12. The minimum Gasteiger partial charge on any atom is -0.350 e. The maximum absolute atomic E-state index is 5.91. The first-order valence-corrected chi connectivity index (χ1v) is 10.6. The molecule has 4 rings (SSSR count). The van der Waals surface area contributed by atoms with Crippen molar-refractivity contribution >= 4 is 33.9 Å². The Labute approximate surface area is 184 Å². The molecule has 1 aromatic heterocycles. The number of aryl methyl sites for hydroxylation is 3. The highest BCUT2D eigenvalue weighted by Gasteiger charge is 2.16. The first-order chi connectivity index (χ1) is 14.5. The molecule has 4 aromatic rings. The summed E-state index contributed by atoms with van der Waals surface area (Å²) in [6, 6.07) is 25.3. The second kappa shape index (κ2) is 8.72. The molecule has 0 bridgehead atoms. The second-order valence-corrected chi connectivity index (χ2v) is 8.21. The van der Waals surface area contributed by atoms with E-state index in [9.17, 15) is 0 Å². The summed E-state index contributed by atoms with van der Waals surface area (Å²) in [4.78, 5) is 2.25. The van der Waals surface area contributed by atoms with E-state index in [2.05, 4.69) is 109 Å². The van der Waals surface area contributed by atoms with Gasteiger partial charge in [-0.05, 0) is 54.4 Å². The van der Waals surface area contributed by atoms with E-state index in [4.69, 9.17) is 12.2 Å². The van der Waals surface area contributed by atoms with Crippen molar-refractivity contribution in [3.63, 3.8) is 0 Å². The van der Waals surface area contributed by atoms with Crippen LogP contribution in [0.25, 0.3) is 10.9 Å². The summed E-state index contributed by atoms with van der Waals surface area (Å²) >= 11 is 5.91. The highest BCUT2D eigenvalue weighted by atomic mass is 32.1. The van der Waals surface area contributed by atoms with Crippen LogP contribution in [0.4, 0.5) is 5.69 Å². The van der Waals surface area contributed by atoms with Crippen LogP contribution in [0.1, 0.15) is 22.3 Å². The van der Waals surface area contributed by atoms with E-state index in [0.717, 1.165) is 23.9 Å². The summed E-state index contributed by atoms with van der Waals surface area (Å²) in [5.74, 6) is 0.